The number of unbranched alkanes of at least 4 members (excludes halogenated alkanes) is 5. The van der Waals surface area contributed by atoms with Gasteiger partial charge in [-0.15, -0.1) is 47.2 Å². The van der Waals surface area contributed by atoms with Crippen LogP contribution in [0.5, 0.6) is 0 Å². The van der Waals surface area contributed by atoms with Crippen LogP contribution in [-0.4, -0.2) is 69.0 Å². The van der Waals surface area contributed by atoms with E-state index in [2.05, 4.69) is 229 Å². The standard InChI is InChI=1S/C28H39BrO2.C26H32B2O4.2C13H8NS.Ir/c1-4-5-6-7-8-9-15-28(16-14-23(31)18-21(3)30)26-17-20(2)10-12-24(26)25-13-11-22(29)19-27(25)28;1-23(2)24(3,4)30-27(29-23)21-17-13-9-11-15-19(17)22(20-16-12-10-14-18(20)21)28-31-25(5,6)26(7,8)32-28;2*1-2-7-12-10(5-1)9-13(15-12)11-6-3-4-8-14-11;/h10-13,17,19,21,23,30-31H,4-9,14-16,18H2,1-3H3;9-16H,1-8H3;2*1-8H;/q;;2*-1;. The molecular formula is C80H87B2BrIrN2O6S2-2. The molecule has 3 unspecified atom stereocenters. The van der Waals surface area contributed by atoms with Crippen molar-refractivity contribution in [3.05, 3.63) is 216 Å². The molecule has 2 saturated heterocycles. The molecule has 14 heteroatoms. The number of nitrogens with zero attached hydrogens (tertiary/aromatic N) is 2. The molecule has 1 radical (unpaired) electrons. The molecule has 1 aliphatic carbocycles. The van der Waals surface area contributed by atoms with Gasteiger partial charge in [-0.1, -0.05) is 188 Å². The molecule has 2 N–H and O–H groups in total. The first-order chi connectivity index (χ1) is 44.6. The second-order valence-corrected chi connectivity index (χ2v) is 30.3. The number of pyridine rings is 2. The van der Waals surface area contributed by atoms with Gasteiger partial charge in [0.05, 0.1) is 34.6 Å². The van der Waals surface area contributed by atoms with E-state index < -0.39 is 48.8 Å². The topological polar surface area (TPSA) is 103 Å². The van der Waals surface area contributed by atoms with Crippen LogP contribution < -0.4 is 10.9 Å². The van der Waals surface area contributed by atoms with Crippen LogP contribution in [0.4, 0.5) is 0 Å². The van der Waals surface area contributed by atoms with Gasteiger partial charge in [-0.25, -0.2) is 22.7 Å². The Labute approximate surface area is 588 Å². The summed E-state index contributed by atoms with van der Waals surface area (Å²) in [4.78, 5) is 10.9. The largest absolute Gasteiger partial charge is 0.496 e. The molecule has 3 atom stereocenters. The summed E-state index contributed by atoms with van der Waals surface area (Å²) in [6.45, 7) is 22.9. The SMILES string of the molecule is CC1(C)OB(c2c3ccccc3c(B3OC(C)(C)C(C)(C)O3)c3ccccc23)OC1(C)C.CCCCCCCCC1(CCC(O)CC(C)O)c2cc(C)ccc2-c2ccc(Br)cc21.[Ir].[c-]1c(-c2ccccn2)sc2ccccc12.[c-]1c(-c2ccccn2)sc2ccccc12. The van der Waals surface area contributed by atoms with Gasteiger partial charge < -0.3 is 38.8 Å². The average molecular weight is 1530 g/mol. The van der Waals surface area contributed by atoms with Gasteiger partial charge in [0.2, 0.25) is 0 Å². The first-order valence-electron chi connectivity index (χ1n) is 33.2. The van der Waals surface area contributed by atoms with Crippen LogP contribution in [0.3, 0.4) is 0 Å². The fourth-order valence-electron chi connectivity index (χ4n) is 13.1. The van der Waals surface area contributed by atoms with Crippen molar-refractivity contribution in [3.8, 4) is 32.3 Å². The van der Waals surface area contributed by atoms with Gasteiger partial charge in [0.1, 0.15) is 0 Å². The molecule has 0 spiro atoms. The summed E-state index contributed by atoms with van der Waals surface area (Å²) >= 11 is 7.18. The summed E-state index contributed by atoms with van der Waals surface area (Å²) in [7, 11) is -0.913. The van der Waals surface area contributed by atoms with Gasteiger partial charge in [-0.2, -0.15) is 0 Å². The van der Waals surface area contributed by atoms with E-state index >= 15 is 0 Å². The van der Waals surface area contributed by atoms with Crippen LogP contribution in [0, 0.1) is 19.1 Å². The molecule has 8 nitrogen and oxygen atoms in total. The van der Waals surface area contributed by atoms with Crippen LogP contribution in [0.2, 0.25) is 0 Å². The zero-order valence-corrected chi connectivity index (χ0v) is 61.8. The van der Waals surface area contributed by atoms with Crippen molar-refractivity contribution < 1.29 is 48.9 Å². The van der Waals surface area contributed by atoms with Crippen molar-refractivity contribution in [1.29, 1.82) is 0 Å². The number of benzene rings is 7. The second kappa shape index (κ2) is 30.4. The molecule has 0 amide bonds. The predicted octanol–water partition coefficient (Wildman–Crippen LogP) is 19.8. The smallest absolute Gasteiger partial charge is 0.399 e. The first kappa shape index (κ1) is 71.1. The van der Waals surface area contributed by atoms with E-state index in [1.54, 1.807) is 29.6 Å². The van der Waals surface area contributed by atoms with Crippen molar-refractivity contribution in [2.24, 2.45) is 0 Å². The van der Waals surface area contributed by atoms with Gasteiger partial charge in [0.25, 0.3) is 0 Å². The van der Waals surface area contributed by atoms with E-state index in [4.69, 9.17) is 18.6 Å². The summed E-state index contributed by atoms with van der Waals surface area (Å²) in [5.74, 6) is 0. The van der Waals surface area contributed by atoms with Crippen LogP contribution >= 0.6 is 38.6 Å². The minimum absolute atomic E-state index is 0. The van der Waals surface area contributed by atoms with E-state index in [1.807, 2.05) is 60.9 Å². The minimum Gasteiger partial charge on any atom is -0.399 e. The van der Waals surface area contributed by atoms with E-state index in [9.17, 15) is 10.2 Å². The number of thiophene rings is 2. The van der Waals surface area contributed by atoms with Crippen LogP contribution in [0.15, 0.2) is 187 Å². The summed E-state index contributed by atoms with van der Waals surface area (Å²) in [6, 6.07) is 65.6. The summed E-state index contributed by atoms with van der Waals surface area (Å²) < 4.78 is 29.7. The van der Waals surface area contributed by atoms with E-state index in [-0.39, 0.29) is 25.5 Å². The molecule has 14 rings (SSSR count). The van der Waals surface area contributed by atoms with Gasteiger partial charge in [0.15, 0.2) is 0 Å². The molecular weight excluding hydrogens is 1440 g/mol. The third-order valence-electron chi connectivity index (χ3n) is 19.4. The minimum atomic E-state index is -0.468. The molecule has 0 bridgehead atoms. The Morgan fingerprint density at radius 2 is 0.926 bits per heavy atom. The number of aromatic nitrogens is 2. The fraction of sp³-hybridized carbons (Fsp3) is 0.350. The maximum Gasteiger partial charge on any atom is 0.496 e. The number of hydrogen-bond acceptors (Lipinski definition) is 10. The predicted molar refractivity (Wildman–Crippen MR) is 395 cm³/mol. The van der Waals surface area contributed by atoms with Gasteiger partial charge >= 0.3 is 14.2 Å². The van der Waals surface area contributed by atoms with Crippen molar-refractivity contribution in [2.45, 2.75) is 180 Å². The van der Waals surface area contributed by atoms with Crippen LogP contribution in [-0.2, 0) is 44.1 Å². The molecule has 6 heterocycles. The maximum atomic E-state index is 10.6. The molecule has 0 saturated carbocycles. The number of rotatable bonds is 16. The Morgan fingerprint density at radius 3 is 1.36 bits per heavy atom. The van der Waals surface area contributed by atoms with Crippen molar-refractivity contribution >= 4 is 105 Å². The Morgan fingerprint density at radius 1 is 0.511 bits per heavy atom. The Hall–Kier alpha value is -5.70. The fourth-order valence-corrected chi connectivity index (χ4v) is 15.4. The third-order valence-corrected chi connectivity index (χ3v) is 22.1. The molecule has 7 aromatic carbocycles. The van der Waals surface area contributed by atoms with Crippen molar-refractivity contribution in [3.63, 3.8) is 0 Å². The first-order valence-corrected chi connectivity index (χ1v) is 35.6. The van der Waals surface area contributed by atoms with E-state index in [1.165, 1.54) is 86.5 Å². The average Bonchev–Trinajstić information content (AvgIpc) is 1.49. The van der Waals surface area contributed by atoms with E-state index in [0.29, 0.717) is 12.8 Å². The van der Waals surface area contributed by atoms with Gasteiger partial charge in [-0.05, 0) is 193 Å². The number of hydrogen-bond donors (Lipinski definition) is 2. The van der Waals surface area contributed by atoms with Crippen LogP contribution in [0.25, 0.3) is 74.0 Å². The number of aliphatic hydroxyl groups excluding tert-OH is 2. The second-order valence-electron chi connectivity index (χ2n) is 27.2. The third kappa shape index (κ3) is 15.5. The zero-order chi connectivity index (χ0) is 65.7. The Kier molecular flexibility index (Phi) is 23.0. The zero-order valence-electron chi connectivity index (χ0n) is 56.2. The Balaban J connectivity index is 0.000000144. The molecule has 3 aliphatic rings. The normalized spacial score (nSPS) is 17.7. The van der Waals surface area contributed by atoms with Crippen molar-refractivity contribution in [2.75, 3.05) is 0 Å². The monoisotopic (exact) mass is 1530 g/mol. The summed E-state index contributed by atoms with van der Waals surface area (Å²) in [6.07, 6.45) is 13.6. The maximum absolute atomic E-state index is 10.6. The molecule has 4 aromatic heterocycles. The molecule has 11 aromatic rings. The van der Waals surface area contributed by atoms with Crippen LogP contribution in [0.1, 0.15) is 150 Å². The number of aliphatic hydroxyl groups is 2. The quantitative estimate of drug-likeness (QED) is 0.0427. The summed E-state index contributed by atoms with van der Waals surface area (Å²) in [5, 5.41) is 27.1. The van der Waals surface area contributed by atoms with Gasteiger partial charge in [-0.3, -0.25) is 0 Å². The Bertz CT molecular complexity index is 3940. The molecule has 2 aliphatic heterocycles. The van der Waals surface area contributed by atoms with E-state index in [0.717, 1.165) is 70.9 Å². The van der Waals surface area contributed by atoms with Gasteiger partial charge in [0, 0.05) is 53.8 Å². The van der Waals surface area contributed by atoms with Crippen molar-refractivity contribution in [1.82, 2.24) is 9.97 Å². The number of aryl methyl sites for hydroxylation is 1. The molecule has 2 fully saturated rings. The number of halogens is 1. The molecule has 489 valence electrons. The number of fused-ring (bicyclic) bond motifs is 7. The molecule has 94 heavy (non-hydrogen) atoms. The summed E-state index contributed by atoms with van der Waals surface area (Å²) in [5.41, 5.74) is 9.23.